The summed E-state index contributed by atoms with van der Waals surface area (Å²) in [4.78, 5) is 12.0. The van der Waals surface area contributed by atoms with Crippen molar-refractivity contribution in [3.8, 4) is 0 Å². The number of nitrogens with one attached hydrogen (secondary N) is 1. The fraction of sp³-hybridized carbons (Fsp3) is 0.417. The number of nitrogens with zero attached hydrogens (tertiary/aromatic N) is 1. The van der Waals surface area contributed by atoms with Crippen molar-refractivity contribution < 1.29 is 13.2 Å². The van der Waals surface area contributed by atoms with Gasteiger partial charge in [-0.25, -0.2) is 12.7 Å². The molecule has 5 nitrogen and oxygen atoms in total. The fourth-order valence-electron chi connectivity index (χ4n) is 1.67. The summed E-state index contributed by atoms with van der Waals surface area (Å²) in [5.41, 5.74) is 0.397. The Morgan fingerprint density at radius 1 is 1.40 bits per heavy atom. The average Bonchev–Trinajstić information content (AvgIpc) is 2.99. The first-order valence-electron chi connectivity index (χ1n) is 5.86. The molecule has 1 aromatic rings. The van der Waals surface area contributed by atoms with Gasteiger partial charge in [0.2, 0.25) is 15.9 Å². The van der Waals surface area contributed by atoms with Crippen LogP contribution in [0.15, 0.2) is 29.2 Å². The van der Waals surface area contributed by atoms with E-state index in [0.717, 1.165) is 4.31 Å². The van der Waals surface area contributed by atoms with Crippen LogP contribution in [0, 0.1) is 5.92 Å². The average molecular weight is 337 g/mol. The molecular formula is C12H14Cl2N2O3S. The molecule has 0 spiro atoms. The molecule has 0 saturated heterocycles. The lowest BCUT2D eigenvalue weighted by atomic mass is 10.3. The smallest absolute Gasteiger partial charge is 0.242 e. The number of amides is 1. The molecule has 0 heterocycles. The van der Waals surface area contributed by atoms with E-state index in [-0.39, 0.29) is 10.8 Å². The Balaban J connectivity index is 2.17. The van der Waals surface area contributed by atoms with Gasteiger partial charge < -0.3 is 5.32 Å². The number of alkyl halides is 2. The highest BCUT2D eigenvalue weighted by atomic mass is 35.5. The van der Waals surface area contributed by atoms with Gasteiger partial charge in [-0.2, -0.15) is 0 Å². The molecule has 1 saturated carbocycles. The van der Waals surface area contributed by atoms with Gasteiger partial charge in [-0.15, -0.1) is 23.2 Å². The number of hydrogen-bond acceptors (Lipinski definition) is 3. The lowest BCUT2D eigenvalue weighted by Gasteiger charge is -2.12. The number of sulfonamides is 1. The topological polar surface area (TPSA) is 66.5 Å². The normalized spacial score (nSPS) is 20.8. The van der Waals surface area contributed by atoms with Crippen LogP contribution in [0.5, 0.6) is 0 Å². The second kappa shape index (κ2) is 5.18. The highest BCUT2D eigenvalue weighted by Crippen LogP contribution is 2.53. The van der Waals surface area contributed by atoms with Gasteiger partial charge in [0.25, 0.3) is 0 Å². The number of anilines is 1. The van der Waals surface area contributed by atoms with E-state index in [0.29, 0.717) is 12.1 Å². The second-order valence-corrected chi connectivity index (χ2v) is 8.52. The quantitative estimate of drug-likeness (QED) is 0.856. The van der Waals surface area contributed by atoms with Crippen molar-refractivity contribution >= 4 is 44.8 Å². The van der Waals surface area contributed by atoms with Crippen LogP contribution < -0.4 is 5.32 Å². The summed E-state index contributed by atoms with van der Waals surface area (Å²) in [5, 5.41) is 2.62. The number of carbonyl (C=O) groups excluding carboxylic acids is 1. The standard InChI is InChI=1S/C12H14Cl2N2O3S/c1-16(2)20(18,19)9-5-3-4-8(6-9)15-11(17)10-7-12(10,13)14/h3-6,10H,7H2,1-2H3,(H,15,17)/t10-/m0/s1. The molecule has 1 N–H and O–H groups in total. The number of carbonyl (C=O) groups is 1. The SMILES string of the molecule is CN(C)S(=O)(=O)c1cccc(NC(=O)[C@@H]2CC2(Cl)Cl)c1. The number of hydrogen-bond donors (Lipinski definition) is 1. The first kappa shape index (κ1) is 15.6. The lowest BCUT2D eigenvalue weighted by molar-refractivity contribution is -0.117. The Hall–Kier alpha value is -0.820. The van der Waals surface area contributed by atoms with Crippen molar-refractivity contribution in [2.45, 2.75) is 15.6 Å². The van der Waals surface area contributed by atoms with E-state index in [1.165, 1.54) is 26.2 Å². The molecule has 1 amide bonds. The zero-order valence-corrected chi connectivity index (χ0v) is 13.3. The van der Waals surface area contributed by atoms with E-state index in [2.05, 4.69) is 5.32 Å². The summed E-state index contributed by atoms with van der Waals surface area (Å²) in [6.07, 6.45) is 0.400. The van der Waals surface area contributed by atoms with E-state index in [4.69, 9.17) is 23.2 Å². The van der Waals surface area contributed by atoms with E-state index in [1.54, 1.807) is 12.1 Å². The molecule has 1 aliphatic rings. The minimum Gasteiger partial charge on any atom is -0.326 e. The monoisotopic (exact) mass is 336 g/mol. The third-order valence-corrected chi connectivity index (χ3v) is 5.67. The van der Waals surface area contributed by atoms with Crippen molar-refractivity contribution in [1.82, 2.24) is 4.31 Å². The fourth-order valence-corrected chi connectivity index (χ4v) is 3.13. The van der Waals surface area contributed by atoms with Gasteiger partial charge in [0.1, 0.15) is 4.33 Å². The van der Waals surface area contributed by atoms with E-state index < -0.39 is 20.3 Å². The molecule has 1 fully saturated rings. The van der Waals surface area contributed by atoms with Crippen molar-refractivity contribution in [3.05, 3.63) is 24.3 Å². The Labute approximate surface area is 127 Å². The van der Waals surface area contributed by atoms with Gasteiger partial charge in [-0.1, -0.05) is 6.07 Å². The van der Waals surface area contributed by atoms with Gasteiger partial charge in [0.05, 0.1) is 10.8 Å². The molecule has 1 aliphatic carbocycles. The second-order valence-electron chi connectivity index (χ2n) is 4.82. The highest BCUT2D eigenvalue weighted by Gasteiger charge is 2.56. The maximum absolute atomic E-state index is 12.0. The molecule has 0 bridgehead atoms. The van der Waals surface area contributed by atoms with Gasteiger partial charge in [-0.05, 0) is 24.6 Å². The zero-order valence-electron chi connectivity index (χ0n) is 10.9. The van der Waals surface area contributed by atoms with Crippen molar-refractivity contribution in [3.63, 3.8) is 0 Å². The Kier molecular flexibility index (Phi) is 4.03. The summed E-state index contributed by atoms with van der Waals surface area (Å²) in [6.45, 7) is 0. The van der Waals surface area contributed by atoms with Crippen molar-refractivity contribution in [2.75, 3.05) is 19.4 Å². The minimum atomic E-state index is -3.53. The van der Waals surface area contributed by atoms with Crippen LogP contribution in [0.1, 0.15) is 6.42 Å². The van der Waals surface area contributed by atoms with Gasteiger partial charge in [0.15, 0.2) is 0 Å². The Bertz CT molecular complexity index is 644. The maximum Gasteiger partial charge on any atom is 0.242 e. The first-order valence-corrected chi connectivity index (χ1v) is 8.05. The molecule has 110 valence electrons. The molecule has 2 rings (SSSR count). The van der Waals surface area contributed by atoms with Crippen LogP contribution in [0.3, 0.4) is 0 Å². The van der Waals surface area contributed by atoms with Crippen LogP contribution in [0.2, 0.25) is 0 Å². The number of benzene rings is 1. The van der Waals surface area contributed by atoms with Crippen LogP contribution in [-0.2, 0) is 14.8 Å². The first-order chi connectivity index (χ1) is 9.14. The number of halogens is 2. The summed E-state index contributed by atoms with van der Waals surface area (Å²) in [7, 11) is -0.644. The lowest BCUT2D eigenvalue weighted by Crippen LogP contribution is -2.22. The molecule has 0 unspecified atom stereocenters. The van der Waals surface area contributed by atoms with E-state index >= 15 is 0 Å². The predicted octanol–water partition coefficient (Wildman–Crippen LogP) is 2.07. The van der Waals surface area contributed by atoms with Crippen LogP contribution in [0.4, 0.5) is 5.69 Å². The summed E-state index contributed by atoms with van der Waals surface area (Å²) in [5.74, 6) is -0.769. The van der Waals surface area contributed by atoms with Crippen LogP contribution in [-0.4, -0.2) is 37.1 Å². The molecule has 0 aromatic heterocycles. The molecule has 20 heavy (non-hydrogen) atoms. The third-order valence-electron chi connectivity index (χ3n) is 3.02. The summed E-state index contributed by atoms with van der Waals surface area (Å²) < 4.78 is 24.1. The van der Waals surface area contributed by atoms with Gasteiger partial charge in [0, 0.05) is 19.8 Å². The number of rotatable bonds is 4. The van der Waals surface area contributed by atoms with Gasteiger partial charge in [-0.3, -0.25) is 4.79 Å². The van der Waals surface area contributed by atoms with E-state index in [9.17, 15) is 13.2 Å². The molecule has 1 atom stereocenters. The molecule has 0 radical (unpaired) electrons. The third kappa shape index (κ3) is 3.09. The maximum atomic E-state index is 12.0. The van der Waals surface area contributed by atoms with Gasteiger partial charge >= 0.3 is 0 Å². The Morgan fingerprint density at radius 2 is 2.00 bits per heavy atom. The van der Waals surface area contributed by atoms with Crippen molar-refractivity contribution in [2.24, 2.45) is 5.92 Å². The summed E-state index contributed by atoms with van der Waals surface area (Å²) in [6, 6.07) is 6.04. The van der Waals surface area contributed by atoms with Crippen molar-refractivity contribution in [1.29, 1.82) is 0 Å². The highest BCUT2D eigenvalue weighted by molar-refractivity contribution is 7.89. The van der Waals surface area contributed by atoms with Crippen LogP contribution >= 0.6 is 23.2 Å². The zero-order chi connectivity index (χ0) is 15.1. The predicted molar refractivity (Wildman–Crippen MR) is 78.5 cm³/mol. The molecule has 8 heteroatoms. The molecular weight excluding hydrogens is 323 g/mol. The molecule has 0 aliphatic heterocycles. The van der Waals surface area contributed by atoms with E-state index in [1.807, 2.05) is 0 Å². The Morgan fingerprint density at radius 3 is 2.50 bits per heavy atom. The van der Waals surface area contributed by atoms with Crippen LogP contribution in [0.25, 0.3) is 0 Å². The molecule has 1 aromatic carbocycles. The largest absolute Gasteiger partial charge is 0.326 e. The summed E-state index contributed by atoms with van der Waals surface area (Å²) >= 11 is 11.6. The minimum absolute atomic E-state index is 0.110.